The van der Waals surface area contributed by atoms with E-state index in [2.05, 4.69) is 0 Å². The molecule has 0 heterocycles. The zero-order chi connectivity index (χ0) is 0. The fourth-order valence-electron chi connectivity index (χ4n) is 0. The molecule has 0 amide bonds. The van der Waals surface area contributed by atoms with Crippen LogP contribution in [0.4, 0.5) is 0 Å². The van der Waals surface area contributed by atoms with Crippen LogP contribution in [0.25, 0.3) is 0 Å². The third-order valence-electron chi connectivity index (χ3n) is 0. The largest absolute Gasteiger partial charge is 0.197 e. The van der Waals surface area contributed by atoms with Crippen LogP contribution < -0.4 is 0 Å². The molecule has 0 fully saturated rings. The molecule has 0 saturated heterocycles. The summed E-state index contributed by atoms with van der Waals surface area (Å²) in [6.07, 6.45) is 0. The van der Waals surface area contributed by atoms with Gasteiger partial charge in [0.15, 0.2) is 0 Å². The van der Waals surface area contributed by atoms with Gasteiger partial charge >= 0.3 is 0 Å². The Bertz CT molecular complexity index is 8.00. The van der Waals surface area contributed by atoms with Crippen molar-refractivity contribution in [1.29, 1.82) is 0 Å². The van der Waals surface area contributed by atoms with Crippen LogP contribution >= 0.6 is 13.5 Å². The summed E-state index contributed by atoms with van der Waals surface area (Å²) in [5.74, 6) is 0. The fraction of sp³-hybridized carbons (Fsp3) is 0. The molecule has 4 heteroatoms. The molecule has 0 aromatic rings. The van der Waals surface area contributed by atoms with Crippen molar-refractivity contribution < 1.29 is 51.2 Å². The maximum absolute atomic E-state index is 0. The monoisotopic (exact) mass is 208 g/mol. The predicted octanol–water partition coefficient (Wildman–Crippen LogP) is 0.105. The summed E-state index contributed by atoms with van der Waals surface area (Å²) in [6, 6.07) is 0. The van der Waals surface area contributed by atoms with Gasteiger partial charge in [0.05, 0.1) is 0 Å². The molecule has 0 atom stereocenters. The molecule has 0 N–H and O–H groups in total. The average Bonchev–Trinajstić information content (AvgIpc) is 0. The van der Waals surface area contributed by atoms with Crippen LogP contribution in [0.1, 0.15) is 0 Å². The van der Waals surface area contributed by atoms with Crippen LogP contribution in [-0.2, 0) is 51.2 Å². The second kappa shape index (κ2) is 20.6. The third-order valence-corrected chi connectivity index (χ3v) is 0. The van der Waals surface area contributed by atoms with Crippen LogP contribution in [-0.4, -0.2) is 0 Å². The molecule has 0 aliphatic carbocycles. The first-order valence-corrected chi connectivity index (χ1v) is 0. The molecule has 0 spiro atoms. The first kappa shape index (κ1) is 39.1. The van der Waals surface area contributed by atoms with Gasteiger partial charge < -0.3 is 0 Å². The minimum absolute atomic E-state index is 0. The van der Waals surface area contributed by atoms with Crippen molar-refractivity contribution in [3.8, 4) is 0 Å². The minimum Gasteiger partial charge on any atom is -0.197 e. The summed E-state index contributed by atoms with van der Waals surface area (Å²) in [6.45, 7) is 0. The standard InChI is InChI=1S/Cu.Fe.Mn.H2S/h;;;1H2. The summed E-state index contributed by atoms with van der Waals surface area (Å²) < 4.78 is 0. The molecule has 0 aliphatic rings. The van der Waals surface area contributed by atoms with E-state index in [0.717, 1.165) is 0 Å². The van der Waals surface area contributed by atoms with Gasteiger partial charge in [0.1, 0.15) is 0 Å². The molecule has 0 bridgehead atoms. The molecular formula is H2CuFeMnS. The Morgan fingerprint density at radius 1 is 1.00 bits per heavy atom. The Balaban J connectivity index is 0. The molecule has 0 rings (SSSR count). The van der Waals surface area contributed by atoms with Crippen LogP contribution in [0.5, 0.6) is 0 Å². The first-order valence-electron chi connectivity index (χ1n) is 0. The van der Waals surface area contributed by atoms with Gasteiger partial charge in [-0.25, -0.2) is 0 Å². The van der Waals surface area contributed by atoms with Crippen LogP contribution in [0.3, 0.4) is 0 Å². The van der Waals surface area contributed by atoms with E-state index in [1.807, 2.05) is 0 Å². The van der Waals surface area contributed by atoms with E-state index in [4.69, 9.17) is 0 Å². The Kier molecular flexibility index (Phi) is 201. The van der Waals surface area contributed by atoms with Gasteiger partial charge in [-0.05, 0) is 0 Å². The van der Waals surface area contributed by atoms with E-state index in [1.165, 1.54) is 0 Å². The summed E-state index contributed by atoms with van der Waals surface area (Å²) in [4.78, 5) is 0. The second-order valence-electron chi connectivity index (χ2n) is 0. The average molecular weight is 208 g/mol. The molecule has 0 saturated carbocycles. The Hall–Kier alpha value is 1.91. The van der Waals surface area contributed by atoms with Crippen molar-refractivity contribution in [2.45, 2.75) is 0 Å². The maximum Gasteiger partial charge on any atom is 0 e. The third kappa shape index (κ3) is 9.08. The van der Waals surface area contributed by atoms with Crippen molar-refractivity contribution in [1.82, 2.24) is 0 Å². The Morgan fingerprint density at radius 2 is 1.00 bits per heavy atom. The second-order valence-corrected chi connectivity index (χ2v) is 0. The first-order chi connectivity index (χ1) is 0. The number of rotatable bonds is 0. The Labute approximate surface area is 64.3 Å². The topological polar surface area (TPSA) is 0 Å². The normalized spacial score (nSPS) is 0. The zero-order valence-electron chi connectivity index (χ0n) is 1.53. The summed E-state index contributed by atoms with van der Waals surface area (Å²) in [5, 5.41) is 0. The van der Waals surface area contributed by atoms with E-state index in [9.17, 15) is 0 Å². The molecular weight excluding hydrogens is 206 g/mol. The quantitative estimate of drug-likeness (QED) is 0.496. The van der Waals surface area contributed by atoms with Gasteiger partial charge in [0.25, 0.3) is 0 Å². The van der Waals surface area contributed by atoms with Crippen molar-refractivity contribution in [2.24, 2.45) is 0 Å². The molecule has 4 heavy (non-hydrogen) atoms. The number of hydrogen-bond acceptors (Lipinski definition) is 0. The fourth-order valence-corrected chi connectivity index (χ4v) is 0. The van der Waals surface area contributed by atoms with Crippen molar-refractivity contribution in [3.63, 3.8) is 0 Å². The Morgan fingerprint density at radius 3 is 1.00 bits per heavy atom. The van der Waals surface area contributed by atoms with Gasteiger partial charge in [0.2, 0.25) is 0 Å². The summed E-state index contributed by atoms with van der Waals surface area (Å²) in [5.41, 5.74) is 0. The summed E-state index contributed by atoms with van der Waals surface area (Å²) in [7, 11) is 0. The SMILES string of the molecule is S.[Cu].[Fe].[Mn]. The molecule has 2 radical (unpaired) electrons. The molecule has 0 aliphatic heterocycles. The number of hydrogen-bond donors (Lipinski definition) is 0. The van der Waals surface area contributed by atoms with E-state index >= 15 is 0 Å². The van der Waals surface area contributed by atoms with Gasteiger partial charge in [-0.1, -0.05) is 0 Å². The van der Waals surface area contributed by atoms with Gasteiger partial charge in [0, 0.05) is 51.2 Å². The van der Waals surface area contributed by atoms with Crippen LogP contribution in [0.15, 0.2) is 0 Å². The van der Waals surface area contributed by atoms with E-state index < -0.39 is 0 Å². The van der Waals surface area contributed by atoms with E-state index in [-0.39, 0.29) is 64.7 Å². The van der Waals surface area contributed by atoms with Crippen molar-refractivity contribution >= 4 is 13.5 Å². The molecule has 0 aromatic heterocycles. The smallest absolute Gasteiger partial charge is 0 e. The van der Waals surface area contributed by atoms with Gasteiger partial charge in [-0.3, -0.25) is 0 Å². The van der Waals surface area contributed by atoms with E-state index in [1.54, 1.807) is 0 Å². The summed E-state index contributed by atoms with van der Waals surface area (Å²) >= 11 is 0. The minimum atomic E-state index is 0. The van der Waals surface area contributed by atoms with Crippen LogP contribution in [0, 0.1) is 0 Å². The van der Waals surface area contributed by atoms with Gasteiger partial charge in [-0.15, -0.1) is 0 Å². The van der Waals surface area contributed by atoms with E-state index in [0.29, 0.717) is 0 Å². The van der Waals surface area contributed by atoms with Crippen molar-refractivity contribution in [3.05, 3.63) is 0 Å². The zero-order valence-corrected chi connectivity index (χ0v) is 5.76. The van der Waals surface area contributed by atoms with Gasteiger partial charge in [-0.2, -0.15) is 13.5 Å². The van der Waals surface area contributed by atoms with Crippen LogP contribution in [0.2, 0.25) is 0 Å². The van der Waals surface area contributed by atoms with Crippen molar-refractivity contribution in [2.75, 3.05) is 0 Å². The predicted molar refractivity (Wildman–Crippen MR) is 10.4 cm³/mol. The molecule has 0 unspecified atom stereocenters. The molecule has 0 aromatic carbocycles. The molecule has 0 nitrogen and oxygen atoms in total. The molecule has 34 valence electrons. The maximum atomic E-state index is 0.